The second-order valence-corrected chi connectivity index (χ2v) is 4.66. The van der Waals surface area contributed by atoms with Gasteiger partial charge in [0.15, 0.2) is 0 Å². The molecule has 0 saturated carbocycles. The van der Waals surface area contributed by atoms with Crippen LogP contribution >= 0.6 is 11.6 Å². The lowest BCUT2D eigenvalue weighted by Crippen LogP contribution is -2.28. The van der Waals surface area contributed by atoms with Crippen LogP contribution in [0.15, 0.2) is 18.2 Å². The number of carbonyl (C=O) groups is 1. The topological polar surface area (TPSA) is 32.3 Å². The first-order chi connectivity index (χ1) is 8.22. The summed E-state index contributed by atoms with van der Waals surface area (Å²) in [6, 6.07) is 5.43. The number of nitrogens with zero attached hydrogens (tertiary/aromatic N) is 1. The largest absolute Gasteiger partial charge is 0.385 e. The number of nitrogens with one attached hydrogen (secondary N) is 1. The molecule has 0 unspecified atom stereocenters. The zero-order valence-electron chi connectivity index (χ0n) is 10.0. The van der Waals surface area contributed by atoms with Crippen molar-refractivity contribution in [1.29, 1.82) is 0 Å². The number of halogens is 1. The standard InChI is InChI=1S/C13H17ClN2O/c1-2-15-12-6-5-10(14)9-11(12)13(17)16-7-3-4-8-16/h5-6,9,15H,2-4,7-8H2,1H3. The van der Waals surface area contributed by atoms with Gasteiger partial charge in [0.1, 0.15) is 0 Å². The molecule has 1 aliphatic heterocycles. The fourth-order valence-electron chi connectivity index (χ4n) is 2.13. The second-order valence-electron chi connectivity index (χ2n) is 4.22. The molecular formula is C13H17ClN2O. The highest BCUT2D eigenvalue weighted by atomic mass is 35.5. The fourth-order valence-corrected chi connectivity index (χ4v) is 2.30. The van der Waals surface area contributed by atoms with Gasteiger partial charge in [-0.25, -0.2) is 0 Å². The molecule has 1 aliphatic rings. The van der Waals surface area contributed by atoms with E-state index in [4.69, 9.17) is 11.6 Å². The number of carbonyl (C=O) groups excluding carboxylic acids is 1. The quantitative estimate of drug-likeness (QED) is 0.897. The molecule has 17 heavy (non-hydrogen) atoms. The van der Waals surface area contributed by atoms with Crippen LogP contribution in [-0.2, 0) is 0 Å². The van der Waals surface area contributed by atoms with E-state index in [0.29, 0.717) is 10.6 Å². The van der Waals surface area contributed by atoms with Gasteiger partial charge in [-0.3, -0.25) is 4.79 Å². The number of likely N-dealkylation sites (tertiary alicyclic amines) is 1. The van der Waals surface area contributed by atoms with Gasteiger partial charge in [-0.05, 0) is 38.0 Å². The Labute approximate surface area is 107 Å². The van der Waals surface area contributed by atoms with Gasteiger partial charge >= 0.3 is 0 Å². The van der Waals surface area contributed by atoms with Crippen LogP contribution in [0.3, 0.4) is 0 Å². The van der Waals surface area contributed by atoms with Crippen molar-refractivity contribution in [2.75, 3.05) is 25.0 Å². The maximum absolute atomic E-state index is 12.3. The molecular weight excluding hydrogens is 236 g/mol. The molecule has 4 heteroatoms. The summed E-state index contributed by atoms with van der Waals surface area (Å²) in [6.07, 6.45) is 2.20. The summed E-state index contributed by atoms with van der Waals surface area (Å²) in [7, 11) is 0. The lowest BCUT2D eigenvalue weighted by atomic mass is 10.1. The summed E-state index contributed by atoms with van der Waals surface area (Å²) in [6.45, 7) is 4.52. The zero-order chi connectivity index (χ0) is 12.3. The number of anilines is 1. The third kappa shape index (κ3) is 2.72. The van der Waals surface area contributed by atoms with Crippen molar-refractivity contribution in [3.05, 3.63) is 28.8 Å². The zero-order valence-corrected chi connectivity index (χ0v) is 10.8. The van der Waals surface area contributed by atoms with Gasteiger partial charge in [-0.1, -0.05) is 11.6 Å². The first-order valence-electron chi connectivity index (χ1n) is 6.05. The molecule has 0 atom stereocenters. The number of hydrogen-bond donors (Lipinski definition) is 1. The van der Waals surface area contributed by atoms with Gasteiger partial charge in [0.2, 0.25) is 0 Å². The van der Waals surface area contributed by atoms with Gasteiger partial charge < -0.3 is 10.2 Å². The summed E-state index contributed by atoms with van der Waals surface area (Å²) >= 11 is 5.97. The van der Waals surface area contributed by atoms with Crippen molar-refractivity contribution in [3.63, 3.8) is 0 Å². The molecule has 92 valence electrons. The second kappa shape index (κ2) is 5.41. The molecule has 1 aromatic rings. The maximum Gasteiger partial charge on any atom is 0.256 e. The van der Waals surface area contributed by atoms with E-state index in [-0.39, 0.29) is 5.91 Å². The third-order valence-electron chi connectivity index (χ3n) is 2.97. The van der Waals surface area contributed by atoms with Gasteiger partial charge in [0, 0.05) is 30.3 Å². The van der Waals surface area contributed by atoms with E-state index in [1.54, 1.807) is 12.1 Å². The predicted octanol–water partition coefficient (Wildman–Crippen LogP) is 3.01. The van der Waals surface area contributed by atoms with E-state index in [1.807, 2.05) is 17.9 Å². The van der Waals surface area contributed by atoms with Crippen molar-refractivity contribution in [3.8, 4) is 0 Å². The lowest BCUT2D eigenvalue weighted by Gasteiger charge is -2.18. The van der Waals surface area contributed by atoms with Crippen LogP contribution in [0, 0.1) is 0 Å². The molecule has 1 aromatic carbocycles. The van der Waals surface area contributed by atoms with Crippen LogP contribution < -0.4 is 5.32 Å². The number of benzene rings is 1. The molecule has 1 saturated heterocycles. The third-order valence-corrected chi connectivity index (χ3v) is 3.21. The average molecular weight is 253 g/mol. The normalized spacial score (nSPS) is 15.1. The smallest absolute Gasteiger partial charge is 0.256 e. The van der Waals surface area contributed by atoms with Crippen LogP contribution in [0.4, 0.5) is 5.69 Å². The SMILES string of the molecule is CCNc1ccc(Cl)cc1C(=O)N1CCCC1. The Hall–Kier alpha value is -1.22. The summed E-state index contributed by atoms with van der Waals surface area (Å²) in [4.78, 5) is 14.2. The first-order valence-corrected chi connectivity index (χ1v) is 6.43. The first kappa shape index (κ1) is 12.2. The minimum absolute atomic E-state index is 0.0842. The van der Waals surface area contributed by atoms with Gasteiger partial charge in [-0.2, -0.15) is 0 Å². The highest BCUT2D eigenvalue weighted by molar-refractivity contribution is 6.31. The Bertz CT molecular complexity index is 414. The van der Waals surface area contributed by atoms with E-state index in [0.717, 1.165) is 38.2 Å². The summed E-state index contributed by atoms with van der Waals surface area (Å²) < 4.78 is 0. The molecule has 0 radical (unpaired) electrons. The van der Waals surface area contributed by atoms with Crippen molar-refractivity contribution in [2.24, 2.45) is 0 Å². The molecule has 0 aliphatic carbocycles. The van der Waals surface area contributed by atoms with Crippen LogP contribution in [0.2, 0.25) is 5.02 Å². The summed E-state index contributed by atoms with van der Waals surface area (Å²) in [5.74, 6) is 0.0842. The fraction of sp³-hybridized carbons (Fsp3) is 0.462. The van der Waals surface area contributed by atoms with E-state index in [1.165, 1.54) is 0 Å². The highest BCUT2D eigenvalue weighted by Crippen LogP contribution is 2.23. The number of rotatable bonds is 3. The van der Waals surface area contributed by atoms with Gasteiger partial charge in [0.25, 0.3) is 5.91 Å². The molecule has 0 aromatic heterocycles. The maximum atomic E-state index is 12.3. The Kier molecular flexibility index (Phi) is 3.89. The van der Waals surface area contributed by atoms with Crippen molar-refractivity contribution in [2.45, 2.75) is 19.8 Å². The molecule has 0 spiro atoms. The summed E-state index contributed by atoms with van der Waals surface area (Å²) in [5.41, 5.74) is 1.55. The Morgan fingerprint density at radius 2 is 2.12 bits per heavy atom. The Morgan fingerprint density at radius 3 is 2.76 bits per heavy atom. The average Bonchev–Trinajstić information content (AvgIpc) is 2.84. The highest BCUT2D eigenvalue weighted by Gasteiger charge is 2.21. The lowest BCUT2D eigenvalue weighted by molar-refractivity contribution is 0.0794. The van der Waals surface area contributed by atoms with E-state index < -0.39 is 0 Å². The van der Waals surface area contributed by atoms with E-state index in [9.17, 15) is 4.79 Å². The predicted molar refractivity (Wildman–Crippen MR) is 70.8 cm³/mol. The van der Waals surface area contributed by atoms with E-state index >= 15 is 0 Å². The minimum atomic E-state index is 0.0842. The Morgan fingerprint density at radius 1 is 1.41 bits per heavy atom. The number of amides is 1. The number of hydrogen-bond acceptors (Lipinski definition) is 2. The summed E-state index contributed by atoms with van der Waals surface area (Å²) in [5, 5.41) is 3.81. The van der Waals surface area contributed by atoms with Gasteiger partial charge in [0.05, 0.1) is 5.56 Å². The van der Waals surface area contributed by atoms with Crippen LogP contribution in [0.5, 0.6) is 0 Å². The molecule has 2 rings (SSSR count). The molecule has 1 fully saturated rings. The molecule has 0 bridgehead atoms. The monoisotopic (exact) mass is 252 g/mol. The van der Waals surface area contributed by atoms with Gasteiger partial charge in [-0.15, -0.1) is 0 Å². The van der Waals surface area contributed by atoms with Crippen molar-refractivity contribution >= 4 is 23.2 Å². The molecule has 3 nitrogen and oxygen atoms in total. The Balaban J connectivity index is 2.28. The van der Waals surface area contributed by atoms with E-state index in [2.05, 4.69) is 5.32 Å². The molecule has 1 amide bonds. The van der Waals surface area contributed by atoms with Crippen molar-refractivity contribution < 1.29 is 4.79 Å². The van der Waals surface area contributed by atoms with Crippen LogP contribution in [-0.4, -0.2) is 30.4 Å². The van der Waals surface area contributed by atoms with Crippen molar-refractivity contribution in [1.82, 2.24) is 4.90 Å². The molecule has 1 heterocycles. The van der Waals surface area contributed by atoms with Crippen LogP contribution in [0.25, 0.3) is 0 Å². The molecule has 1 N–H and O–H groups in total. The minimum Gasteiger partial charge on any atom is -0.385 e. The van der Waals surface area contributed by atoms with Crippen LogP contribution in [0.1, 0.15) is 30.1 Å².